The van der Waals surface area contributed by atoms with Gasteiger partial charge in [0.25, 0.3) is 0 Å². The van der Waals surface area contributed by atoms with E-state index in [9.17, 15) is 34.8 Å². The van der Waals surface area contributed by atoms with Crippen molar-refractivity contribution in [1.29, 1.82) is 0 Å². The number of carbonyl (C=O) groups is 3. The normalized spacial score (nSPS) is 30.1. The number of ketones is 2. The van der Waals surface area contributed by atoms with Crippen molar-refractivity contribution in [2.24, 2.45) is 23.5 Å². The summed E-state index contributed by atoms with van der Waals surface area (Å²) in [6, 6.07) is 8.27. The SMILES string of the molecule is COc1ccc(CN2CCCCC2)cc1-c1ccc(O)c2c1C[C@@H]1C[C@@H]3[C@@H](N(C)C)C(O)C(C(N)=O)C(=O)[C@]3(O)C(=O)C1=C2O. The molecule has 6 atom stereocenters. The van der Waals surface area contributed by atoms with Gasteiger partial charge in [0.1, 0.15) is 23.2 Å². The van der Waals surface area contributed by atoms with Gasteiger partial charge in [0.05, 0.1) is 18.8 Å². The number of aliphatic hydroxyl groups is 3. The number of primary amides is 1. The zero-order chi connectivity index (χ0) is 32.4. The molecule has 240 valence electrons. The lowest BCUT2D eigenvalue weighted by atomic mass is 9.54. The Hall–Kier alpha value is -3.77. The quantitative estimate of drug-likeness (QED) is 0.300. The molecule has 1 aliphatic heterocycles. The molecule has 45 heavy (non-hydrogen) atoms. The van der Waals surface area contributed by atoms with Crippen molar-refractivity contribution in [3.63, 3.8) is 0 Å². The summed E-state index contributed by atoms with van der Waals surface area (Å²) in [6.45, 7) is 2.84. The van der Waals surface area contributed by atoms with Crippen molar-refractivity contribution in [2.45, 2.75) is 56.4 Å². The lowest BCUT2D eigenvalue weighted by Gasteiger charge is -2.53. The van der Waals surface area contributed by atoms with Crippen LogP contribution in [-0.2, 0) is 27.3 Å². The molecular weight excluding hydrogens is 578 g/mol. The number of ether oxygens (including phenoxy) is 1. The zero-order valence-electron chi connectivity index (χ0n) is 25.8. The van der Waals surface area contributed by atoms with E-state index in [1.165, 1.54) is 25.3 Å². The van der Waals surface area contributed by atoms with Crippen LogP contribution in [0.4, 0.5) is 0 Å². The number of piperidine rings is 1. The Balaban J connectivity index is 1.47. The number of nitrogens with zero attached hydrogens (tertiary/aromatic N) is 2. The molecule has 3 aliphatic carbocycles. The number of likely N-dealkylation sites (N-methyl/N-ethyl adjacent to an activating group) is 1. The highest BCUT2D eigenvalue weighted by atomic mass is 16.5. The predicted octanol–water partition coefficient (Wildman–Crippen LogP) is 1.79. The Morgan fingerprint density at radius 2 is 1.80 bits per heavy atom. The highest BCUT2D eigenvalue weighted by molar-refractivity contribution is 6.25. The Labute approximate surface area is 261 Å². The monoisotopic (exact) mass is 619 g/mol. The number of aliphatic hydroxyl groups excluding tert-OH is 2. The van der Waals surface area contributed by atoms with Crippen LogP contribution in [0.15, 0.2) is 35.9 Å². The number of hydrogen-bond acceptors (Lipinski definition) is 10. The summed E-state index contributed by atoms with van der Waals surface area (Å²) in [6.07, 6.45) is 2.29. The molecule has 0 bridgehead atoms. The van der Waals surface area contributed by atoms with Crippen LogP contribution in [0.3, 0.4) is 0 Å². The average Bonchev–Trinajstić information content (AvgIpc) is 2.99. The van der Waals surface area contributed by atoms with Gasteiger partial charge < -0.3 is 35.8 Å². The van der Waals surface area contributed by atoms with Gasteiger partial charge in [-0.2, -0.15) is 0 Å². The molecule has 4 aliphatic rings. The lowest BCUT2D eigenvalue weighted by molar-refractivity contribution is -0.184. The number of phenolic OH excluding ortho intramolecular Hbond substituents is 1. The van der Waals surface area contributed by atoms with E-state index in [1.54, 1.807) is 32.2 Å². The number of carbonyl (C=O) groups excluding carboxylic acids is 3. The van der Waals surface area contributed by atoms with E-state index >= 15 is 0 Å². The summed E-state index contributed by atoms with van der Waals surface area (Å²) in [7, 11) is 4.84. The van der Waals surface area contributed by atoms with Crippen LogP contribution in [0.25, 0.3) is 16.9 Å². The highest BCUT2D eigenvalue weighted by Gasteiger charge is 2.67. The molecule has 0 spiro atoms. The van der Waals surface area contributed by atoms with E-state index in [-0.39, 0.29) is 29.7 Å². The van der Waals surface area contributed by atoms with Crippen LogP contribution in [0, 0.1) is 17.8 Å². The topological polar surface area (TPSA) is 174 Å². The molecule has 1 saturated heterocycles. The van der Waals surface area contributed by atoms with E-state index in [0.29, 0.717) is 11.3 Å². The molecule has 2 aromatic rings. The third-order valence-corrected chi connectivity index (χ3v) is 10.4. The lowest BCUT2D eigenvalue weighted by Crippen LogP contribution is -2.73. The zero-order valence-corrected chi connectivity index (χ0v) is 25.8. The van der Waals surface area contributed by atoms with Crippen molar-refractivity contribution in [1.82, 2.24) is 9.80 Å². The molecule has 2 aromatic carbocycles. The Morgan fingerprint density at radius 3 is 2.44 bits per heavy atom. The number of methoxy groups -OCH3 is 1. The van der Waals surface area contributed by atoms with E-state index in [4.69, 9.17) is 10.5 Å². The van der Waals surface area contributed by atoms with Crippen LogP contribution in [0.5, 0.6) is 11.5 Å². The van der Waals surface area contributed by atoms with Gasteiger partial charge in [-0.3, -0.25) is 19.3 Å². The predicted molar refractivity (Wildman–Crippen MR) is 165 cm³/mol. The third-order valence-electron chi connectivity index (χ3n) is 10.4. The van der Waals surface area contributed by atoms with Crippen molar-refractivity contribution in [3.8, 4) is 22.6 Å². The number of Topliss-reactive ketones (excluding diaryl/α,β-unsaturated/α-hetero) is 2. The van der Waals surface area contributed by atoms with Crippen molar-refractivity contribution in [2.75, 3.05) is 34.3 Å². The summed E-state index contributed by atoms with van der Waals surface area (Å²) in [5, 5.41) is 45.6. The first-order valence-electron chi connectivity index (χ1n) is 15.5. The van der Waals surface area contributed by atoms with Gasteiger partial charge in [-0.1, -0.05) is 18.6 Å². The van der Waals surface area contributed by atoms with Crippen LogP contribution in [0.1, 0.15) is 42.4 Å². The van der Waals surface area contributed by atoms with Gasteiger partial charge in [-0.25, -0.2) is 0 Å². The fraction of sp³-hybridized carbons (Fsp3) is 0.500. The fourth-order valence-corrected chi connectivity index (χ4v) is 8.30. The number of likely N-dealkylation sites (tertiary alicyclic amines) is 1. The Bertz CT molecular complexity index is 1600. The number of rotatable bonds is 6. The molecule has 0 aromatic heterocycles. The second kappa shape index (κ2) is 11.5. The summed E-state index contributed by atoms with van der Waals surface area (Å²) in [5.74, 6) is -7.04. The Kier molecular flexibility index (Phi) is 8.01. The number of amides is 1. The van der Waals surface area contributed by atoms with Gasteiger partial charge in [0.15, 0.2) is 11.4 Å². The van der Waals surface area contributed by atoms with Gasteiger partial charge in [0.2, 0.25) is 11.7 Å². The molecule has 0 radical (unpaired) electrons. The molecular formula is C34H41N3O8. The van der Waals surface area contributed by atoms with Crippen LogP contribution < -0.4 is 10.5 Å². The molecule has 3 fully saturated rings. The number of aromatic hydroxyl groups is 1. The smallest absolute Gasteiger partial charge is 0.230 e. The molecule has 2 unspecified atom stereocenters. The van der Waals surface area contributed by atoms with E-state index in [1.807, 2.05) is 12.1 Å². The fourth-order valence-electron chi connectivity index (χ4n) is 8.30. The average molecular weight is 620 g/mol. The second-order valence-corrected chi connectivity index (χ2v) is 13.1. The molecule has 6 N–H and O–H groups in total. The van der Waals surface area contributed by atoms with Crippen molar-refractivity contribution >= 4 is 23.2 Å². The number of phenols is 1. The van der Waals surface area contributed by atoms with E-state index in [2.05, 4.69) is 11.0 Å². The van der Waals surface area contributed by atoms with Gasteiger partial charge >= 0.3 is 0 Å². The van der Waals surface area contributed by atoms with Crippen LogP contribution in [0.2, 0.25) is 0 Å². The number of nitrogens with two attached hydrogens (primary N) is 1. The maximum Gasteiger partial charge on any atom is 0.230 e. The number of fused-ring (bicyclic) bond motifs is 3. The molecule has 2 saturated carbocycles. The first-order chi connectivity index (χ1) is 21.4. The minimum Gasteiger partial charge on any atom is -0.507 e. The largest absolute Gasteiger partial charge is 0.507 e. The van der Waals surface area contributed by atoms with Gasteiger partial charge in [-0.15, -0.1) is 0 Å². The minimum absolute atomic E-state index is 0.0524. The molecule has 1 amide bonds. The van der Waals surface area contributed by atoms with Gasteiger partial charge in [-0.05, 0) is 93.7 Å². The van der Waals surface area contributed by atoms with Crippen LogP contribution in [-0.4, -0.2) is 99.7 Å². The molecule has 11 heteroatoms. The van der Waals surface area contributed by atoms with Crippen molar-refractivity contribution < 1.29 is 39.5 Å². The number of hydrogen-bond donors (Lipinski definition) is 5. The standard InChI is InChI=1S/C34H41N3O8/c1-36(2)28-22-15-18-14-21-19(20-13-17(7-10-24(20)45-3)16-37-11-5-4-6-12-37)8-9-23(38)26(21)29(39)25(18)31(41)34(22,44)32(42)27(30(28)40)33(35)43/h7-10,13,18,22,27-28,30,38-40,44H,4-6,11-12,14-16H2,1-3H3,(H2,35,43)/t18-,22-,27?,28-,30?,34-/m1/s1. The first-order valence-corrected chi connectivity index (χ1v) is 15.5. The van der Waals surface area contributed by atoms with Crippen molar-refractivity contribution in [3.05, 3.63) is 52.6 Å². The third kappa shape index (κ3) is 4.84. The molecule has 11 nitrogen and oxygen atoms in total. The first kappa shape index (κ1) is 31.2. The van der Waals surface area contributed by atoms with E-state index in [0.717, 1.165) is 36.3 Å². The molecule has 6 rings (SSSR count). The Morgan fingerprint density at radius 1 is 1.09 bits per heavy atom. The molecule has 1 heterocycles. The van der Waals surface area contributed by atoms with E-state index < -0.39 is 58.7 Å². The van der Waals surface area contributed by atoms with Crippen LogP contribution >= 0.6 is 0 Å². The van der Waals surface area contributed by atoms with Gasteiger partial charge in [0, 0.05) is 29.6 Å². The minimum atomic E-state index is -2.69. The maximum absolute atomic E-state index is 14.1. The summed E-state index contributed by atoms with van der Waals surface area (Å²) < 4.78 is 5.75. The maximum atomic E-state index is 14.1. The summed E-state index contributed by atoms with van der Waals surface area (Å²) >= 11 is 0. The summed E-state index contributed by atoms with van der Waals surface area (Å²) in [5.41, 5.74) is 5.85. The number of benzene rings is 2. The summed E-state index contributed by atoms with van der Waals surface area (Å²) in [4.78, 5) is 44.0. The second-order valence-electron chi connectivity index (χ2n) is 13.1. The highest BCUT2D eigenvalue weighted by Crippen LogP contribution is 2.53.